The van der Waals surface area contributed by atoms with E-state index in [-0.39, 0.29) is 5.91 Å². The molecule has 0 aliphatic heterocycles. The molecule has 1 aromatic carbocycles. The first-order valence-electron chi connectivity index (χ1n) is 5.97. The van der Waals surface area contributed by atoms with Gasteiger partial charge in [0.2, 0.25) is 0 Å². The molecule has 3 aromatic rings. The van der Waals surface area contributed by atoms with E-state index in [2.05, 4.69) is 10.3 Å². The van der Waals surface area contributed by atoms with E-state index in [1.54, 1.807) is 24.5 Å². The molecule has 0 saturated heterocycles. The Morgan fingerprint density at radius 2 is 2.20 bits per heavy atom. The third kappa shape index (κ3) is 2.39. The van der Waals surface area contributed by atoms with E-state index in [0.29, 0.717) is 10.6 Å². The average molecular weight is 304 g/mol. The first-order chi connectivity index (χ1) is 9.67. The number of nitrogens with zero attached hydrogens (tertiary/aromatic N) is 1. The quantitative estimate of drug-likeness (QED) is 0.797. The van der Waals surface area contributed by atoms with E-state index < -0.39 is 0 Å². The molecule has 20 heavy (non-hydrogen) atoms. The van der Waals surface area contributed by atoms with Gasteiger partial charge in [0.15, 0.2) is 0 Å². The molecule has 2 aromatic heterocycles. The number of benzene rings is 1. The minimum absolute atomic E-state index is 0.155. The van der Waals surface area contributed by atoms with Crippen LogP contribution in [0.1, 0.15) is 14.7 Å². The summed E-state index contributed by atoms with van der Waals surface area (Å²) < 4.78 is 6.23. The average Bonchev–Trinajstić information content (AvgIpc) is 3.02. The maximum absolute atomic E-state index is 12.2. The smallest absolute Gasteiger partial charge is 0.269 e. The molecular formula is C14H12N2O2S2. The van der Waals surface area contributed by atoms with Gasteiger partial charge in [-0.2, -0.15) is 0 Å². The predicted octanol–water partition coefficient (Wildman–Crippen LogP) is 3.93. The van der Waals surface area contributed by atoms with Crippen LogP contribution in [-0.4, -0.2) is 18.0 Å². The second-order valence-corrected chi connectivity index (χ2v) is 6.34. The summed E-state index contributed by atoms with van der Waals surface area (Å²) in [4.78, 5) is 17.2. The molecule has 0 fully saturated rings. The highest BCUT2D eigenvalue weighted by atomic mass is 32.1. The Balaban J connectivity index is 1.87. The summed E-state index contributed by atoms with van der Waals surface area (Å²) in [5, 5.41) is 5.74. The SMILES string of the molecule is COc1ccsc1C(=O)Nc1ccc2nc(C)sc2c1. The van der Waals surface area contributed by atoms with Crippen LogP contribution in [0.5, 0.6) is 5.75 Å². The minimum Gasteiger partial charge on any atom is -0.495 e. The van der Waals surface area contributed by atoms with Crippen LogP contribution in [0, 0.1) is 6.92 Å². The number of aromatic nitrogens is 1. The van der Waals surface area contributed by atoms with Crippen LogP contribution in [0.2, 0.25) is 0 Å². The maximum atomic E-state index is 12.2. The Labute approximate surface area is 124 Å². The van der Waals surface area contributed by atoms with Crippen molar-refractivity contribution in [2.75, 3.05) is 12.4 Å². The van der Waals surface area contributed by atoms with E-state index in [1.165, 1.54) is 11.3 Å². The van der Waals surface area contributed by atoms with E-state index >= 15 is 0 Å². The van der Waals surface area contributed by atoms with Crippen molar-refractivity contribution in [3.8, 4) is 5.75 Å². The van der Waals surface area contributed by atoms with Gasteiger partial charge >= 0.3 is 0 Å². The molecule has 6 heteroatoms. The Bertz CT molecular complexity index is 776. The summed E-state index contributed by atoms with van der Waals surface area (Å²) in [5.41, 5.74) is 1.72. The van der Waals surface area contributed by atoms with Crippen LogP contribution in [-0.2, 0) is 0 Å². The van der Waals surface area contributed by atoms with Crippen molar-refractivity contribution >= 4 is 44.5 Å². The van der Waals surface area contributed by atoms with Gasteiger partial charge in [-0.15, -0.1) is 22.7 Å². The molecule has 0 saturated carbocycles. The molecule has 4 nitrogen and oxygen atoms in total. The van der Waals surface area contributed by atoms with Crippen LogP contribution >= 0.6 is 22.7 Å². The molecule has 2 heterocycles. The van der Waals surface area contributed by atoms with Crippen LogP contribution in [0.25, 0.3) is 10.2 Å². The number of carbonyl (C=O) groups is 1. The van der Waals surface area contributed by atoms with E-state index in [9.17, 15) is 4.79 Å². The summed E-state index contributed by atoms with van der Waals surface area (Å²) >= 11 is 2.98. The van der Waals surface area contributed by atoms with Gasteiger partial charge in [0.05, 0.1) is 22.3 Å². The minimum atomic E-state index is -0.155. The topological polar surface area (TPSA) is 51.2 Å². The third-order valence-electron chi connectivity index (χ3n) is 2.81. The van der Waals surface area contributed by atoms with Crippen molar-refractivity contribution in [1.29, 1.82) is 0 Å². The van der Waals surface area contributed by atoms with Crippen LogP contribution in [0.4, 0.5) is 5.69 Å². The number of fused-ring (bicyclic) bond motifs is 1. The number of aryl methyl sites for hydroxylation is 1. The standard InChI is InChI=1S/C14H12N2O2S2/c1-8-15-10-4-3-9(7-12(10)20-8)16-14(17)13-11(18-2)5-6-19-13/h3-7H,1-2H3,(H,16,17). The highest BCUT2D eigenvalue weighted by Gasteiger charge is 2.14. The lowest BCUT2D eigenvalue weighted by atomic mass is 10.3. The zero-order valence-corrected chi connectivity index (χ0v) is 12.6. The third-order valence-corrected chi connectivity index (χ3v) is 4.64. The monoisotopic (exact) mass is 304 g/mol. The van der Waals surface area contributed by atoms with E-state index in [4.69, 9.17) is 4.74 Å². The van der Waals surface area contributed by atoms with Crippen LogP contribution < -0.4 is 10.1 Å². The van der Waals surface area contributed by atoms with Gasteiger partial charge in [0.25, 0.3) is 5.91 Å². The molecule has 0 radical (unpaired) electrons. The fourth-order valence-corrected chi connectivity index (χ4v) is 3.55. The first-order valence-corrected chi connectivity index (χ1v) is 7.67. The number of hydrogen-bond donors (Lipinski definition) is 1. The van der Waals surface area contributed by atoms with Crippen LogP contribution in [0.15, 0.2) is 29.6 Å². The summed E-state index contributed by atoms with van der Waals surface area (Å²) in [6.07, 6.45) is 0. The second kappa shape index (κ2) is 5.22. The molecule has 0 bridgehead atoms. The molecule has 0 unspecified atom stereocenters. The number of rotatable bonds is 3. The van der Waals surface area contributed by atoms with Crippen molar-refractivity contribution in [2.45, 2.75) is 6.92 Å². The molecule has 1 N–H and O–H groups in total. The molecule has 0 spiro atoms. The number of methoxy groups -OCH3 is 1. The predicted molar refractivity (Wildman–Crippen MR) is 83.2 cm³/mol. The fourth-order valence-electron chi connectivity index (χ4n) is 1.93. The Morgan fingerprint density at radius 3 is 3.00 bits per heavy atom. The molecule has 1 amide bonds. The van der Waals surface area contributed by atoms with Gasteiger partial charge in [-0.3, -0.25) is 4.79 Å². The highest BCUT2D eigenvalue weighted by Crippen LogP contribution is 2.28. The highest BCUT2D eigenvalue weighted by molar-refractivity contribution is 7.18. The summed E-state index contributed by atoms with van der Waals surface area (Å²) in [6, 6.07) is 7.51. The molecule has 0 aliphatic carbocycles. The zero-order valence-electron chi connectivity index (χ0n) is 11.0. The van der Waals surface area contributed by atoms with Crippen molar-refractivity contribution in [1.82, 2.24) is 4.98 Å². The van der Waals surface area contributed by atoms with Gasteiger partial charge in [-0.05, 0) is 36.6 Å². The summed E-state index contributed by atoms with van der Waals surface area (Å²) in [7, 11) is 1.56. The number of anilines is 1. The number of amides is 1. The number of ether oxygens (including phenoxy) is 1. The van der Waals surface area contributed by atoms with E-state index in [0.717, 1.165) is 20.9 Å². The van der Waals surface area contributed by atoms with Crippen molar-refractivity contribution in [2.24, 2.45) is 0 Å². The Morgan fingerprint density at radius 1 is 1.35 bits per heavy atom. The Hall–Kier alpha value is -1.92. The van der Waals surface area contributed by atoms with Gasteiger partial charge in [0, 0.05) is 5.69 Å². The van der Waals surface area contributed by atoms with Gasteiger partial charge in [-0.1, -0.05) is 0 Å². The molecule has 102 valence electrons. The van der Waals surface area contributed by atoms with Crippen molar-refractivity contribution in [3.63, 3.8) is 0 Å². The molecule has 0 atom stereocenters. The second-order valence-electron chi connectivity index (χ2n) is 4.19. The normalized spacial score (nSPS) is 10.7. The summed E-state index contributed by atoms with van der Waals surface area (Å²) in [6.45, 7) is 1.97. The first kappa shape index (κ1) is 13.1. The molecular weight excluding hydrogens is 292 g/mol. The lowest BCUT2D eigenvalue weighted by molar-refractivity contribution is 0.102. The number of nitrogens with one attached hydrogen (secondary N) is 1. The van der Waals surface area contributed by atoms with Crippen LogP contribution in [0.3, 0.4) is 0 Å². The maximum Gasteiger partial charge on any atom is 0.269 e. The molecule has 0 aliphatic rings. The number of hydrogen-bond acceptors (Lipinski definition) is 5. The number of thiazole rings is 1. The molecule has 3 rings (SSSR count). The van der Waals surface area contributed by atoms with Gasteiger partial charge < -0.3 is 10.1 Å². The van der Waals surface area contributed by atoms with E-state index in [1.807, 2.05) is 30.5 Å². The largest absolute Gasteiger partial charge is 0.495 e. The lowest BCUT2D eigenvalue weighted by Gasteiger charge is -2.05. The number of carbonyl (C=O) groups excluding carboxylic acids is 1. The Kier molecular flexibility index (Phi) is 3.42. The van der Waals surface area contributed by atoms with Crippen molar-refractivity contribution in [3.05, 3.63) is 39.5 Å². The zero-order chi connectivity index (χ0) is 14.1. The number of thiophene rings is 1. The summed E-state index contributed by atoms with van der Waals surface area (Å²) in [5.74, 6) is 0.444. The fraction of sp³-hybridized carbons (Fsp3) is 0.143. The van der Waals surface area contributed by atoms with Gasteiger partial charge in [-0.25, -0.2) is 4.98 Å². The van der Waals surface area contributed by atoms with Gasteiger partial charge in [0.1, 0.15) is 10.6 Å². The lowest BCUT2D eigenvalue weighted by Crippen LogP contribution is -2.11. The van der Waals surface area contributed by atoms with Crippen molar-refractivity contribution < 1.29 is 9.53 Å².